The van der Waals surface area contributed by atoms with E-state index in [1.165, 1.54) is 11.1 Å². The molecule has 2 heterocycles. The SMILES string of the molecule is COc1cc2c(cc1OC)NC1c3ccccc3CC[N+]1=C2.[Cl-]. The molecule has 0 fully saturated rings. The summed E-state index contributed by atoms with van der Waals surface area (Å²) in [6, 6.07) is 12.7. The van der Waals surface area contributed by atoms with Crippen molar-refractivity contribution in [3.05, 3.63) is 53.1 Å². The fourth-order valence-electron chi connectivity index (χ4n) is 3.34. The van der Waals surface area contributed by atoms with E-state index in [-0.39, 0.29) is 18.6 Å². The van der Waals surface area contributed by atoms with E-state index in [0.717, 1.165) is 35.7 Å². The van der Waals surface area contributed by atoms with Gasteiger partial charge in [-0.05, 0) is 11.6 Å². The zero-order valence-corrected chi connectivity index (χ0v) is 13.9. The first-order valence-electron chi connectivity index (χ1n) is 7.51. The van der Waals surface area contributed by atoms with Gasteiger partial charge in [0.2, 0.25) is 0 Å². The Morgan fingerprint density at radius 1 is 1.09 bits per heavy atom. The number of hydrogen-bond donors (Lipinski definition) is 1. The van der Waals surface area contributed by atoms with Crippen LogP contribution >= 0.6 is 0 Å². The number of anilines is 1. The lowest BCUT2D eigenvalue weighted by molar-refractivity contribution is -0.566. The van der Waals surface area contributed by atoms with Crippen molar-refractivity contribution in [3.63, 3.8) is 0 Å². The van der Waals surface area contributed by atoms with Crippen LogP contribution in [0.3, 0.4) is 0 Å². The molecule has 0 saturated carbocycles. The van der Waals surface area contributed by atoms with Crippen molar-refractivity contribution in [2.75, 3.05) is 26.1 Å². The minimum Gasteiger partial charge on any atom is -1.00 e. The van der Waals surface area contributed by atoms with Gasteiger partial charge in [-0.3, -0.25) is 0 Å². The standard InChI is InChI=1S/C18H18N2O2.ClH/c1-21-16-9-13-11-20-8-7-12-5-3-4-6-14(12)18(20)19-15(13)10-17(16)22-2;/h3-6,9-11,18H,7-8H2,1-2H3;1H. The largest absolute Gasteiger partial charge is 1.00 e. The Bertz CT molecular complexity index is 774. The van der Waals surface area contributed by atoms with E-state index in [1.807, 2.05) is 12.1 Å². The summed E-state index contributed by atoms with van der Waals surface area (Å²) in [5, 5.41) is 3.64. The average Bonchev–Trinajstić information content (AvgIpc) is 2.58. The van der Waals surface area contributed by atoms with Crippen molar-refractivity contribution in [2.24, 2.45) is 0 Å². The third-order valence-corrected chi connectivity index (χ3v) is 4.47. The first kappa shape index (κ1) is 15.7. The molecular formula is C18H19ClN2O2. The average molecular weight is 331 g/mol. The van der Waals surface area contributed by atoms with Gasteiger partial charge < -0.3 is 27.2 Å². The zero-order valence-electron chi connectivity index (χ0n) is 13.2. The minimum atomic E-state index is 0. The van der Waals surface area contributed by atoms with E-state index in [2.05, 4.69) is 40.4 Å². The number of ether oxygens (including phenoxy) is 2. The highest BCUT2D eigenvalue weighted by Gasteiger charge is 2.34. The van der Waals surface area contributed by atoms with Crippen LogP contribution in [-0.4, -0.2) is 31.6 Å². The summed E-state index contributed by atoms with van der Waals surface area (Å²) < 4.78 is 13.2. The van der Waals surface area contributed by atoms with Gasteiger partial charge >= 0.3 is 0 Å². The lowest BCUT2D eigenvalue weighted by Gasteiger charge is -2.29. The highest BCUT2D eigenvalue weighted by Crippen LogP contribution is 2.38. The molecule has 1 unspecified atom stereocenters. The molecule has 0 bridgehead atoms. The number of hydrogen-bond acceptors (Lipinski definition) is 3. The van der Waals surface area contributed by atoms with Gasteiger partial charge in [-0.2, -0.15) is 0 Å². The van der Waals surface area contributed by atoms with Crippen molar-refractivity contribution in [2.45, 2.75) is 12.6 Å². The Balaban J connectivity index is 0.00000156. The van der Waals surface area contributed by atoms with Crippen LogP contribution in [0.1, 0.15) is 22.9 Å². The number of halogens is 1. The molecule has 0 saturated heterocycles. The predicted molar refractivity (Wildman–Crippen MR) is 86.3 cm³/mol. The monoisotopic (exact) mass is 330 g/mol. The van der Waals surface area contributed by atoms with Gasteiger partial charge in [0, 0.05) is 18.1 Å². The van der Waals surface area contributed by atoms with Crippen LogP contribution < -0.4 is 27.2 Å². The van der Waals surface area contributed by atoms with Gasteiger partial charge in [-0.25, -0.2) is 4.58 Å². The third kappa shape index (κ3) is 2.53. The Hall–Kier alpha value is -2.20. The van der Waals surface area contributed by atoms with Gasteiger partial charge in [-0.15, -0.1) is 0 Å². The van der Waals surface area contributed by atoms with Crippen molar-refractivity contribution in [3.8, 4) is 11.5 Å². The molecule has 2 aliphatic rings. The molecule has 0 aliphatic carbocycles. The molecule has 0 amide bonds. The zero-order chi connectivity index (χ0) is 15.1. The number of methoxy groups -OCH3 is 2. The molecule has 1 atom stereocenters. The maximum absolute atomic E-state index is 5.42. The topological polar surface area (TPSA) is 33.5 Å². The van der Waals surface area contributed by atoms with Gasteiger partial charge in [0.25, 0.3) is 6.17 Å². The van der Waals surface area contributed by atoms with Crippen LogP contribution in [0.2, 0.25) is 0 Å². The summed E-state index contributed by atoms with van der Waals surface area (Å²) >= 11 is 0. The van der Waals surface area contributed by atoms with Gasteiger partial charge in [0.05, 0.1) is 25.5 Å². The van der Waals surface area contributed by atoms with Crippen molar-refractivity contribution < 1.29 is 26.5 Å². The molecule has 120 valence electrons. The first-order valence-corrected chi connectivity index (χ1v) is 7.51. The molecule has 0 radical (unpaired) electrons. The Kier molecular flexibility index (Phi) is 4.18. The van der Waals surface area contributed by atoms with E-state index < -0.39 is 0 Å². The Labute approximate surface area is 142 Å². The van der Waals surface area contributed by atoms with Gasteiger partial charge in [0.1, 0.15) is 6.54 Å². The minimum absolute atomic E-state index is 0. The van der Waals surface area contributed by atoms with Crippen LogP contribution in [0.15, 0.2) is 36.4 Å². The quantitative estimate of drug-likeness (QED) is 0.776. The summed E-state index contributed by atoms with van der Waals surface area (Å²) in [6.07, 6.45) is 3.48. The molecule has 23 heavy (non-hydrogen) atoms. The van der Waals surface area contributed by atoms with Crippen molar-refractivity contribution in [1.82, 2.24) is 0 Å². The Morgan fingerprint density at radius 2 is 1.83 bits per heavy atom. The van der Waals surface area contributed by atoms with E-state index in [9.17, 15) is 0 Å². The highest BCUT2D eigenvalue weighted by atomic mass is 35.5. The van der Waals surface area contributed by atoms with Crippen LogP contribution in [0.5, 0.6) is 11.5 Å². The predicted octanol–water partition coefficient (Wildman–Crippen LogP) is -0.180. The van der Waals surface area contributed by atoms with E-state index >= 15 is 0 Å². The normalized spacial score (nSPS) is 17.5. The number of nitrogens with zero attached hydrogens (tertiary/aromatic N) is 1. The van der Waals surface area contributed by atoms with Crippen LogP contribution in [0, 0.1) is 0 Å². The second kappa shape index (κ2) is 6.13. The maximum Gasteiger partial charge on any atom is 0.252 e. The highest BCUT2D eigenvalue weighted by molar-refractivity contribution is 5.88. The van der Waals surface area contributed by atoms with E-state index in [0.29, 0.717) is 0 Å². The second-order valence-corrected chi connectivity index (χ2v) is 5.66. The van der Waals surface area contributed by atoms with Gasteiger partial charge in [0.15, 0.2) is 17.7 Å². The van der Waals surface area contributed by atoms with Crippen LogP contribution in [0.25, 0.3) is 0 Å². The summed E-state index contributed by atoms with van der Waals surface area (Å²) in [5.74, 6) is 1.51. The molecule has 0 aromatic heterocycles. The molecular weight excluding hydrogens is 312 g/mol. The second-order valence-electron chi connectivity index (χ2n) is 5.66. The summed E-state index contributed by atoms with van der Waals surface area (Å²) in [7, 11) is 3.33. The molecule has 0 spiro atoms. The lowest BCUT2D eigenvalue weighted by atomic mass is 9.96. The van der Waals surface area contributed by atoms with Crippen LogP contribution in [-0.2, 0) is 6.42 Å². The number of benzene rings is 2. The van der Waals surface area contributed by atoms with Crippen LogP contribution in [0.4, 0.5) is 5.69 Å². The molecule has 2 aliphatic heterocycles. The maximum atomic E-state index is 5.42. The fourth-order valence-corrected chi connectivity index (χ4v) is 3.34. The molecule has 2 aromatic rings. The number of rotatable bonds is 2. The fraction of sp³-hybridized carbons (Fsp3) is 0.278. The number of fused-ring (bicyclic) bond motifs is 4. The smallest absolute Gasteiger partial charge is 0.252 e. The first-order chi connectivity index (χ1) is 10.8. The van der Waals surface area contributed by atoms with Gasteiger partial charge in [-0.1, -0.05) is 24.3 Å². The summed E-state index contributed by atoms with van der Waals surface area (Å²) in [6.45, 7) is 1.02. The van der Waals surface area contributed by atoms with Crippen molar-refractivity contribution in [1.29, 1.82) is 0 Å². The molecule has 4 nitrogen and oxygen atoms in total. The molecule has 2 aromatic carbocycles. The summed E-state index contributed by atoms with van der Waals surface area (Å²) in [4.78, 5) is 0. The third-order valence-electron chi connectivity index (χ3n) is 4.47. The number of nitrogens with one attached hydrogen (secondary N) is 1. The van der Waals surface area contributed by atoms with E-state index in [1.54, 1.807) is 14.2 Å². The Morgan fingerprint density at radius 3 is 2.61 bits per heavy atom. The molecule has 1 N–H and O–H groups in total. The van der Waals surface area contributed by atoms with Crippen molar-refractivity contribution >= 4 is 11.9 Å². The summed E-state index contributed by atoms with van der Waals surface area (Å²) in [5.41, 5.74) is 4.99. The van der Waals surface area contributed by atoms with E-state index in [4.69, 9.17) is 9.47 Å². The lowest BCUT2D eigenvalue weighted by Crippen LogP contribution is -3.00. The molecule has 5 heteroatoms. The molecule has 4 rings (SSSR count).